The van der Waals surface area contributed by atoms with Crippen molar-refractivity contribution in [3.8, 4) is 0 Å². The molecule has 0 aliphatic carbocycles. The molecular weight excluding hydrogens is 268 g/mol. The van der Waals surface area contributed by atoms with E-state index in [1.807, 2.05) is 40.9 Å². The Kier molecular flexibility index (Phi) is 5.38. The van der Waals surface area contributed by atoms with E-state index < -0.39 is 0 Å². The van der Waals surface area contributed by atoms with Crippen molar-refractivity contribution in [1.29, 1.82) is 0 Å². The van der Waals surface area contributed by atoms with Gasteiger partial charge in [0, 0.05) is 51.5 Å². The van der Waals surface area contributed by atoms with Gasteiger partial charge in [-0.25, -0.2) is 0 Å². The lowest BCUT2D eigenvalue weighted by Gasteiger charge is -2.36. The Labute approximate surface area is 125 Å². The van der Waals surface area contributed by atoms with Gasteiger partial charge in [-0.05, 0) is 18.6 Å². The molecule has 21 heavy (non-hydrogen) atoms. The maximum Gasteiger partial charge on any atom is 0.245 e. The van der Waals surface area contributed by atoms with Crippen LogP contribution in [-0.2, 0) is 9.59 Å². The maximum atomic E-state index is 12.6. The van der Waals surface area contributed by atoms with Gasteiger partial charge in [0.05, 0.1) is 0 Å². The molecule has 1 aromatic heterocycles. The van der Waals surface area contributed by atoms with E-state index in [4.69, 9.17) is 5.73 Å². The quantitative estimate of drug-likeness (QED) is 0.828. The van der Waals surface area contributed by atoms with Crippen molar-refractivity contribution in [2.75, 3.05) is 32.7 Å². The number of carbonyl (C=O) groups excluding carboxylic acids is 2. The number of carbonyl (C=O) groups is 2. The van der Waals surface area contributed by atoms with Gasteiger partial charge >= 0.3 is 0 Å². The molecule has 6 heteroatoms. The summed E-state index contributed by atoms with van der Waals surface area (Å²) in [6.07, 6.45) is 5.05. The first-order chi connectivity index (χ1) is 10.1. The first-order valence-corrected chi connectivity index (χ1v) is 7.53. The molecular formula is C15H24N4O2. The van der Waals surface area contributed by atoms with Crippen LogP contribution < -0.4 is 5.73 Å². The fourth-order valence-electron chi connectivity index (χ4n) is 2.74. The van der Waals surface area contributed by atoms with Crippen molar-refractivity contribution in [2.45, 2.75) is 25.8 Å². The third-order valence-electron chi connectivity index (χ3n) is 4.02. The summed E-state index contributed by atoms with van der Waals surface area (Å²) >= 11 is 0. The predicted octanol–water partition coefficient (Wildman–Crippen LogP) is 0.459. The Bertz CT molecular complexity index is 464. The summed E-state index contributed by atoms with van der Waals surface area (Å²) in [4.78, 5) is 27.5. The minimum absolute atomic E-state index is 0.114. The third kappa shape index (κ3) is 4.07. The van der Waals surface area contributed by atoms with Crippen molar-refractivity contribution in [2.24, 2.45) is 5.73 Å². The zero-order chi connectivity index (χ0) is 15.2. The lowest BCUT2D eigenvalue weighted by atomic mass is 10.1. The summed E-state index contributed by atoms with van der Waals surface area (Å²) in [6, 6.07) is 3.77. The Hall–Kier alpha value is -1.82. The number of amides is 2. The Balaban J connectivity index is 1.86. The van der Waals surface area contributed by atoms with Gasteiger partial charge in [-0.1, -0.05) is 6.92 Å². The largest absolute Gasteiger partial charge is 0.370 e. The minimum atomic E-state index is -0.271. The van der Waals surface area contributed by atoms with Gasteiger partial charge in [-0.2, -0.15) is 0 Å². The first-order valence-electron chi connectivity index (χ1n) is 7.53. The molecule has 0 aromatic carbocycles. The second-order valence-electron chi connectivity index (χ2n) is 5.44. The van der Waals surface area contributed by atoms with E-state index in [-0.39, 0.29) is 17.9 Å². The van der Waals surface area contributed by atoms with Crippen LogP contribution in [0.4, 0.5) is 0 Å². The molecule has 1 saturated heterocycles. The number of aromatic nitrogens is 1. The molecule has 0 radical (unpaired) electrons. The predicted molar refractivity (Wildman–Crippen MR) is 80.6 cm³/mol. The van der Waals surface area contributed by atoms with Crippen molar-refractivity contribution in [1.82, 2.24) is 14.4 Å². The molecule has 2 N–H and O–H groups in total. The van der Waals surface area contributed by atoms with Crippen molar-refractivity contribution in [3.05, 3.63) is 24.5 Å². The van der Waals surface area contributed by atoms with Crippen LogP contribution in [0.15, 0.2) is 24.5 Å². The van der Waals surface area contributed by atoms with Gasteiger partial charge in [0.2, 0.25) is 11.8 Å². The second-order valence-corrected chi connectivity index (χ2v) is 5.44. The molecule has 0 bridgehead atoms. The highest BCUT2D eigenvalue weighted by molar-refractivity contribution is 5.80. The molecule has 2 rings (SSSR count). The number of rotatable bonds is 6. The molecule has 1 fully saturated rings. The number of piperazine rings is 1. The number of hydrogen-bond acceptors (Lipinski definition) is 3. The van der Waals surface area contributed by atoms with Gasteiger partial charge < -0.3 is 15.2 Å². The molecule has 1 atom stereocenters. The minimum Gasteiger partial charge on any atom is -0.370 e. The monoisotopic (exact) mass is 292 g/mol. The molecule has 0 unspecified atom stereocenters. The topological polar surface area (TPSA) is 71.6 Å². The highest BCUT2D eigenvalue weighted by Crippen LogP contribution is 2.16. The van der Waals surface area contributed by atoms with E-state index in [0.29, 0.717) is 13.0 Å². The molecule has 1 aromatic rings. The smallest absolute Gasteiger partial charge is 0.245 e. The number of primary amides is 1. The average molecular weight is 292 g/mol. The van der Waals surface area contributed by atoms with Gasteiger partial charge in [0.25, 0.3) is 0 Å². The zero-order valence-electron chi connectivity index (χ0n) is 12.6. The van der Waals surface area contributed by atoms with Crippen LogP contribution in [0.5, 0.6) is 0 Å². The Morgan fingerprint density at radius 3 is 2.29 bits per heavy atom. The molecule has 0 spiro atoms. The summed E-state index contributed by atoms with van der Waals surface area (Å²) in [5, 5.41) is 0. The summed E-state index contributed by atoms with van der Waals surface area (Å²) in [7, 11) is 0. The summed E-state index contributed by atoms with van der Waals surface area (Å²) in [6.45, 7) is 5.77. The van der Waals surface area contributed by atoms with Gasteiger partial charge in [-0.15, -0.1) is 0 Å². The number of nitrogens with zero attached hydrogens (tertiary/aromatic N) is 3. The van der Waals surface area contributed by atoms with E-state index >= 15 is 0 Å². The maximum absolute atomic E-state index is 12.6. The van der Waals surface area contributed by atoms with Crippen molar-refractivity contribution in [3.63, 3.8) is 0 Å². The lowest BCUT2D eigenvalue weighted by Crippen LogP contribution is -2.50. The molecule has 1 aliphatic rings. The van der Waals surface area contributed by atoms with Crippen LogP contribution in [0.25, 0.3) is 0 Å². The SMILES string of the molecule is CC[C@@H](C(=O)N1CCN(CCC(N)=O)CC1)n1cccc1. The molecule has 2 amide bonds. The highest BCUT2D eigenvalue weighted by atomic mass is 16.2. The summed E-state index contributed by atoms with van der Waals surface area (Å²) in [5.41, 5.74) is 5.16. The number of hydrogen-bond donors (Lipinski definition) is 1. The molecule has 2 heterocycles. The zero-order valence-corrected chi connectivity index (χ0v) is 12.6. The Morgan fingerprint density at radius 2 is 1.76 bits per heavy atom. The average Bonchev–Trinajstić information content (AvgIpc) is 3.00. The van der Waals surface area contributed by atoms with E-state index in [9.17, 15) is 9.59 Å². The fraction of sp³-hybridized carbons (Fsp3) is 0.600. The van der Waals surface area contributed by atoms with Gasteiger partial charge in [0.1, 0.15) is 6.04 Å². The van der Waals surface area contributed by atoms with Gasteiger partial charge in [-0.3, -0.25) is 14.5 Å². The van der Waals surface area contributed by atoms with E-state index in [0.717, 1.165) is 32.6 Å². The number of nitrogens with two attached hydrogens (primary N) is 1. The Morgan fingerprint density at radius 1 is 1.14 bits per heavy atom. The van der Waals surface area contributed by atoms with Crippen molar-refractivity contribution >= 4 is 11.8 Å². The van der Waals surface area contributed by atoms with Crippen LogP contribution in [0.2, 0.25) is 0 Å². The normalized spacial score (nSPS) is 17.7. The molecule has 116 valence electrons. The summed E-state index contributed by atoms with van der Waals surface area (Å²) < 4.78 is 1.97. The molecule has 0 saturated carbocycles. The van der Waals surface area contributed by atoms with Crippen LogP contribution in [-0.4, -0.2) is 58.9 Å². The highest BCUT2D eigenvalue weighted by Gasteiger charge is 2.27. The van der Waals surface area contributed by atoms with Crippen LogP contribution >= 0.6 is 0 Å². The fourth-order valence-corrected chi connectivity index (χ4v) is 2.74. The van der Waals surface area contributed by atoms with Crippen LogP contribution in [0, 0.1) is 0 Å². The van der Waals surface area contributed by atoms with Crippen molar-refractivity contribution < 1.29 is 9.59 Å². The molecule has 1 aliphatic heterocycles. The second kappa shape index (κ2) is 7.26. The molecule has 6 nitrogen and oxygen atoms in total. The summed E-state index contributed by atoms with van der Waals surface area (Å²) in [5.74, 6) is -0.0876. The van der Waals surface area contributed by atoms with Crippen LogP contribution in [0.1, 0.15) is 25.8 Å². The van der Waals surface area contributed by atoms with E-state index in [1.165, 1.54) is 0 Å². The first kappa shape index (κ1) is 15.6. The van der Waals surface area contributed by atoms with Gasteiger partial charge in [0.15, 0.2) is 0 Å². The van der Waals surface area contributed by atoms with E-state index in [2.05, 4.69) is 4.90 Å². The third-order valence-corrected chi connectivity index (χ3v) is 4.02. The van der Waals surface area contributed by atoms with E-state index in [1.54, 1.807) is 0 Å². The lowest BCUT2D eigenvalue weighted by molar-refractivity contribution is -0.136. The van der Waals surface area contributed by atoms with Crippen LogP contribution in [0.3, 0.4) is 0 Å². The standard InChI is InChI=1S/C15H24N4O2/c1-2-13(18-6-3-4-7-18)15(21)19-11-9-17(10-12-19)8-5-14(16)20/h3-4,6-7,13H,2,5,8-12H2,1H3,(H2,16,20)/t13-/m0/s1.